The Morgan fingerprint density at radius 3 is 2.50 bits per heavy atom. The van der Waals surface area contributed by atoms with Crippen LogP contribution in [0.4, 0.5) is 0 Å². The van der Waals surface area contributed by atoms with Crippen LogP contribution in [-0.4, -0.2) is 20.1 Å². The van der Waals surface area contributed by atoms with Crippen molar-refractivity contribution in [2.45, 2.75) is 6.10 Å². The molecule has 4 heteroatoms. The predicted octanol–water partition coefficient (Wildman–Crippen LogP) is 2.11. The first kappa shape index (κ1) is 10.8. The molecular formula is C14H11N3O. The van der Waals surface area contributed by atoms with Gasteiger partial charge in [-0.2, -0.15) is 0 Å². The minimum atomic E-state index is -0.809. The van der Waals surface area contributed by atoms with Crippen molar-refractivity contribution in [1.29, 1.82) is 0 Å². The van der Waals surface area contributed by atoms with E-state index in [9.17, 15) is 5.11 Å². The molecule has 88 valence electrons. The fraction of sp³-hybridized carbons (Fsp3) is 0.0714. The quantitative estimate of drug-likeness (QED) is 0.741. The molecule has 1 N–H and O–H groups in total. The van der Waals surface area contributed by atoms with Crippen LogP contribution in [0.25, 0.3) is 10.9 Å². The van der Waals surface area contributed by atoms with E-state index in [0.717, 1.165) is 16.5 Å². The number of hydrogen-bond donors (Lipinski definition) is 1. The van der Waals surface area contributed by atoms with Gasteiger partial charge in [0.2, 0.25) is 0 Å². The Kier molecular flexibility index (Phi) is 2.70. The molecule has 1 aromatic carbocycles. The fourth-order valence-corrected chi connectivity index (χ4v) is 1.87. The lowest BCUT2D eigenvalue weighted by atomic mass is 10.1. The van der Waals surface area contributed by atoms with E-state index in [2.05, 4.69) is 15.0 Å². The van der Waals surface area contributed by atoms with Crippen molar-refractivity contribution >= 4 is 10.9 Å². The third-order valence-electron chi connectivity index (χ3n) is 2.77. The molecule has 0 spiro atoms. The number of hydrogen-bond acceptors (Lipinski definition) is 4. The number of aromatic nitrogens is 3. The van der Waals surface area contributed by atoms with Crippen molar-refractivity contribution < 1.29 is 5.11 Å². The standard InChI is InChI=1S/C14H11N3O/c18-13(14-16-7-2-8-17-14)11-4-5-12-10(9-11)3-1-6-15-12/h1-9,13,18H. The largest absolute Gasteiger partial charge is 0.380 e. The van der Waals surface area contributed by atoms with Gasteiger partial charge in [0.1, 0.15) is 6.10 Å². The molecule has 3 aromatic rings. The third kappa shape index (κ3) is 1.94. The van der Waals surface area contributed by atoms with Crippen molar-refractivity contribution in [2.75, 3.05) is 0 Å². The van der Waals surface area contributed by atoms with E-state index in [0.29, 0.717) is 5.82 Å². The van der Waals surface area contributed by atoms with Crippen LogP contribution in [0.5, 0.6) is 0 Å². The van der Waals surface area contributed by atoms with Gasteiger partial charge in [-0.25, -0.2) is 9.97 Å². The number of aliphatic hydroxyl groups excluding tert-OH is 1. The van der Waals surface area contributed by atoms with E-state index in [1.54, 1.807) is 24.7 Å². The molecule has 4 nitrogen and oxygen atoms in total. The second-order valence-corrected chi connectivity index (χ2v) is 3.97. The van der Waals surface area contributed by atoms with Crippen molar-refractivity contribution in [3.8, 4) is 0 Å². The molecule has 0 bridgehead atoms. The van der Waals surface area contributed by atoms with Gasteiger partial charge in [0, 0.05) is 24.0 Å². The zero-order chi connectivity index (χ0) is 12.4. The lowest BCUT2D eigenvalue weighted by Crippen LogP contribution is -2.04. The van der Waals surface area contributed by atoms with Gasteiger partial charge in [0.15, 0.2) is 5.82 Å². The van der Waals surface area contributed by atoms with Crippen LogP contribution < -0.4 is 0 Å². The molecule has 0 fully saturated rings. The Bertz CT molecular complexity index is 670. The summed E-state index contributed by atoms with van der Waals surface area (Å²) in [5.41, 5.74) is 1.67. The van der Waals surface area contributed by atoms with Gasteiger partial charge >= 0.3 is 0 Å². The zero-order valence-corrected chi connectivity index (χ0v) is 9.56. The Labute approximate surface area is 104 Å². The molecule has 1 unspecified atom stereocenters. The lowest BCUT2D eigenvalue weighted by Gasteiger charge is -2.09. The molecule has 0 aliphatic heterocycles. The highest BCUT2D eigenvalue weighted by Crippen LogP contribution is 2.22. The van der Waals surface area contributed by atoms with Crippen LogP contribution in [0.2, 0.25) is 0 Å². The van der Waals surface area contributed by atoms with Crippen LogP contribution in [0, 0.1) is 0 Å². The minimum Gasteiger partial charge on any atom is -0.380 e. The average molecular weight is 237 g/mol. The van der Waals surface area contributed by atoms with Crippen LogP contribution in [0.1, 0.15) is 17.5 Å². The van der Waals surface area contributed by atoms with Gasteiger partial charge in [-0.15, -0.1) is 0 Å². The van der Waals surface area contributed by atoms with E-state index in [-0.39, 0.29) is 0 Å². The first-order valence-corrected chi connectivity index (χ1v) is 5.64. The van der Waals surface area contributed by atoms with E-state index in [1.165, 1.54) is 0 Å². The molecule has 2 heterocycles. The lowest BCUT2D eigenvalue weighted by molar-refractivity contribution is 0.210. The van der Waals surface area contributed by atoms with E-state index < -0.39 is 6.10 Å². The molecule has 0 aliphatic rings. The van der Waals surface area contributed by atoms with Gasteiger partial charge in [-0.1, -0.05) is 12.1 Å². The number of fused-ring (bicyclic) bond motifs is 1. The second-order valence-electron chi connectivity index (χ2n) is 3.97. The Hall–Kier alpha value is -2.33. The average Bonchev–Trinajstić information content (AvgIpc) is 2.47. The summed E-state index contributed by atoms with van der Waals surface area (Å²) in [4.78, 5) is 12.4. The Balaban J connectivity index is 2.04. The Morgan fingerprint density at radius 2 is 1.67 bits per heavy atom. The maximum Gasteiger partial charge on any atom is 0.161 e. The smallest absolute Gasteiger partial charge is 0.161 e. The number of benzene rings is 1. The van der Waals surface area contributed by atoms with Gasteiger partial charge in [0.25, 0.3) is 0 Å². The number of nitrogens with zero attached hydrogens (tertiary/aromatic N) is 3. The molecular weight excluding hydrogens is 226 g/mol. The predicted molar refractivity (Wildman–Crippen MR) is 67.8 cm³/mol. The molecule has 18 heavy (non-hydrogen) atoms. The summed E-state index contributed by atoms with van der Waals surface area (Å²) in [5, 5.41) is 11.2. The van der Waals surface area contributed by atoms with Gasteiger partial charge in [-0.05, 0) is 29.8 Å². The summed E-state index contributed by atoms with van der Waals surface area (Å²) < 4.78 is 0. The summed E-state index contributed by atoms with van der Waals surface area (Å²) in [6.45, 7) is 0. The first-order valence-electron chi connectivity index (χ1n) is 5.64. The van der Waals surface area contributed by atoms with E-state index in [1.807, 2.05) is 30.3 Å². The molecule has 0 aliphatic carbocycles. The third-order valence-corrected chi connectivity index (χ3v) is 2.77. The minimum absolute atomic E-state index is 0.403. The summed E-state index contributed by atoms with van der Waals surface area (Å²) >= 11 is 0. The monoisotopic (exact) mass is 237 g/mol. The van der Waals surface area contributed by atoms with E-state index in [4.69, 9.17) is 0 Å². The molecule has 2 aromatic heterocycles. The SMILES string of the molecule is OC(c1ccc2ncccc2c1)c1ncccn1. The van der Waals surface area contributed by atoms with Gasteiger partial charge in [0.05, 0.1) is 5.52 Å². The van der Waals surface area contributed by atoms with E-state index >= 15 is 0 Å². The number of rotatable bonds is 2. The summed E-state index contributed by atoms with van der Waals surface area (Å²) in [6.07, 6.45) is 4.18. The number of aliphatic hydroxyl groups is 1. The van der Waals surface area contributed by atoms with Gasteiger partial charge < -0.3 is 5.11 Å². The van der Waals surface area contributed by atoms with Gasteiger partial charge in [-0.3, -0.25) is 4.98 Å². The Morgan fingerprint density at radius 1 is 0.889 bits per heavy atom. The van der Waals surface area contributed by atoms with Crippen LogP contribution in [-0.2, 0) is 0 Å². The highest BCUT2D eigenvalue weighted by molar-refractivity contribution is 5.79. The molecule has 1 atom stereocenters. The van der Waals surface area contributed by atoms with Crippen LogP contribution >= 0.6 is 0 Å². The van der Waals surface area contributed by atoms with Crippen LogP contribution in [0.15, 0.2) is 55.0 Å². The summed E-state index contributed by atoms with van der Waals surface area (Å²) in [7, 11) is 0. The highest BCUT2D eigenvalue weighted by atomic mass is 16.3. The highest BCUT2D eigenvalue weighted by Gasteiger charge is 2.13. The molecule has 0 radical (unpaired) electrons. The molecule has 0 saturated carbocycles. The maximum absolute atomic E-state index is 10.2. The fourth-order valence-electron chi connectivity index (χ4n) is 1.87. The summed E-state index contributed by atoms with van der Waals surface area (Å²) in [6, 6.07) is 11.2. The first-order chi connectivity index (χ1) is 8.84. The van der Waals surface area contributed by atoms with Crippen molar-refractivity contribution in [1.82, 2.24) is 15.0 Å². The second kappa shape index (κ2) is 4.50. The van der Waals surface area contributed by atoms with Crippen molar-refractivity contribution in [3.63, 3.8) is 0 Å². The zero-order valence-electron chi connectivity index (χ0n) is 9.56. The van der Waals surface area contributed by atoms with Crippen LogP contribution in [0.3, 0.4) is 0 Å². The number of pyridine rings is 1. The van der Waals surface area contributed by atoms with Crippen molar-refractivity contribution in [2.24, 2.45) is 0 Å². The molecule has 3 rings (SSSR count). The maximum atomic E-state index is 10.2. The molecule has 0 saturated heterocycles. The molecule has 0 amide bonds. The topological polar surface area (TPSA) is 58.9 Å². The van der Waals surface area contributed by atoms with Crippen molar-refractivity contribution in [3.05, 3.63) is 66.4 Å². The normalized spacial score (nSPS) is 12.5. The summed E-state index contributed by atoms with van der Waals surface area (Å²) in [5.74, 6) is 0.403.